The third-order valence-electron chi connectivity index (χ3n) is 10.0. The van der Waals surface area contributed by atoms with Crippen molar-refractivity contribution in [2.24, 2.45) is 40.9 Å². The topological polar surface area (TPSA) is 631 Å². The summed E-state index contributed by atoms with van der Waals surface area (Å²) in [7, 11) is -36.2. The van der Waals surface area contributed by atoms with Crippen molar-refractivity contribution >= 4 is 152 Å². The molecule has 5 rings (SSSR count). The van der Waals surface area contributed by atoms with Crippen LogP contribution in [-0.4, -0.2) is 135 Å². The maximum Gasteiger partial charge on any atom is 1.00 e. The van der Waals surface area contributed by atoms with Gasteiger partial charge in [0.15, 0.2) is 88.5 Å². The van der Waals surface area contributed by atoms with E-state index < -0.39 is 200 Å². The number of rotatable bonds is 31. The van der Waals surface area contributed by atoms with Gasteiger partial charge in [0.1, 0.15) is 53.1 Å². The molecule has 0 aliphatic rings. The molecule has 4 N–H and O–H groups in total. The fraction of sp³-hybridized carbons (Fsp3) is 0.184. The molecule has 0 saturated carbocycles. The molecule has 0 saturated heterocycles. The Morgan fingerprint density at radius 1 is 0.452 bits per heavy atom. The summed E-state index contributed by atoms with van der Waals surface area (Å²) in [6.45, 7) is -1.57. The number of carbonyl (C=O) groups is 1. The van der Waals surface area contributed by atoms with E-state index in [1.165, 1.54) is 0 Å². The number of nitrogens with one attached hydrogen (secondary N) is 1. The predicted molar refractivity (Wildman–Crippen MR) is 275 cm³/mol. The minimum absolute atomic E-state index is 0. The van der Waals surface area contributed by atoms with Gasteiger partial charge in [-0.05, 0) is 72.8 Å². The summed E-state index contributed by atoms with van der Waals surface area (Å²) in [6, 6.07) is 8.08. The second-order valence-electron chi connectivity index (χ2n) is 15.8. The van der Waals surface area contributed by atoms with E-state index >= 15 is 0 Å². The van der Waals surface area contributed by atoms with Crippen LogP contribution in [0.4, 0.5) is 51.2 Å². The van der Waals surface area contributed by atoms with Gasteiger partial charge in [-0.2, -0.15) is 5.11 Å². The molecule has 474 valence electrons. The molecule has 0 aliphatic carbocycles. The first kappa shape index (κ1) is 94.3. The van der Waals surface area contributed by atoms with Gasteiger partial charge in [-0.25, -0.2) is 58.9 Å². The zero-order valence-corrected chi connectivity index (χ0v) is 67.5. The summed E-state index contributed by atoms with van der Waals surface area (Å²) in [5, 5.41) is 91.0. The standard InChI is InChI=1S/C38H37N9O31S9.6Na/c1-20(48)39-27-18-29(32(86(66,67)68)19-28(27)43-40-21-2-4-22(5-3-21)81(54,55)13-10-72-79-77-75-52)44-47-35-37(50)33(45-41-25-8-6-23(16-30(25)84(60,61)62)82(56,57)14-11-73-80-78-76-53)36(49)34(38(35)51)46-42-26-9-7-24(17-31(26)85(63,64)65)83(58,59)15-12-74-87(69,70)71;;;;;;/h2-9,16-19,49-53H,10-15H2,1H3,(H,39,48)(H,60,61,62)(H,63,64,65)(H,66,67,68)(H,69,70,71);;;;;;/q;6*+1/p-6. The first-order chi connectivity index (χ1) is 40.4. The van der Waals surface area contributed by atoms with Gasteiger partial charge in [0.25, 0.3) is 0 Å². The molecule has 0 heterocycles. The molecule has 55 heteroatoms. The van der Waals surface area contributed by atoms with Gasteiger partial charge >= 0.3 is 177 Å². The van der Waals surface area contributed by atoms with E-state index in [1.54, 1.807) is 0 Å². The molecular weight excluding hydrogens is 1500 g/mol. The summed E-state index contributed by atoms with van der Waals surface area (Å²) in [6.07, 6.45) is 0. The number of benzene rings is 5. The third kappa shape index (κ3) is 28.6. The third-order valence-corrected chi connectivity index (χ3v) is 18.9. The van der Waals surface area contributed by atoms with Crippen molar-refractivity contribution in [1.82, 2.24) is 0 Å². The molecule has 0 bridgehead atoms. The van der Waals surface area contributed by atoms with E-state index in [4.69, 9.17) is 4.18 Å². The molecule has 93 heavy (non-hydrogen) atoms. The summed E-state index contributed by atoms with van der Waals surface area (Å²) in [5.74, 6) is -8.70. The molecule has 40 nitrogen and oxygen atoms in total. The first-order valence-electron chi connectivity index (χ1n) is 21.9. The monoisotopic (exact) mass is 1530 g/mol. The Morgan fingerprint density at radius 2 is 0.796 bits per heavy atom. The summed E-state index contributed by atoms with van der Waals surface area (Å²) >= 11 is -0.0320. The van der Waals surface area contributed by atoms with Crippen molar-refractivity contribution < 1.29 is 316 Å². The Bertz CT molecular complexity index is 4420. The largest absolute Gasteiger partial charge is 1.00 e. The minimum Gasteiger partial charge on any atom is -0.744 e. The summed E-state index contributed by atoms with van der Waals surface area (Å²) in [5.41, 5.74) is -8.92. The maximum absolute atomic E-state index is 13.0. The quantitative estimate of drug-likeness (QED) is 0.00468. The number of amides is 1. The molecule has 0 radical (unpaired) electrons. The van der Waals surface area contributed by atoms with Crippen LogP contribution in [0.15, 0.2) is 143 Å². The zero-order valence-electron chi connectivity index (χ0n) is 48.2. The Hall–Kier alpha value is -0.800. The van der Waals surface area contributed by atoms with Crippen molar-refractivity contribution in [3.05, 3.63) is 72.8 Å². The normalized spacial score (nSPS) is 12.3. The molecule has 1 amide bonds. The van der Waals surface area contributed by atoms with Crippen LogP contribution in [0.5, 0.6) is 17.2 Å². The van der Waals surface area contributed by atoms with Crippen LogP contribution in [0.25, 0.3) is 0 Å². The Labute approximate surface area is 668 Å². The van der Waals surface area contributed by atoms with Gasteiger partial charge in [0, 0.05) is 6.92 Å². The molecular formula is C38H31N9Na6O31S9. The fourth-order valence-corrected chi connectivity index (χ4v) is 12.6. The van der Waals surface area contributed by atoms with E-state index in [2.05, 4.69) is 73.3 Å². The van der Waals surface area contributed by atoms with Gasteiger partial charge in [-0.1, -0.05) is 0 Å². The number of phenols is 3. The van der Waals surface area contributed by atoms with Gasteiger partial charge < -0.3 is 49.4 Å². The molecule has 5 aromatic rings. The van der Waals surface area contributed by atoms with Gasteiger partial charge in [-0.3, -0.25) is 27.4 Å². The molecule has 0 spiro atoms. The average molecular weight is 1540 g/mol. The van der Waals surface area contributed by atoms with Crippen molar-refractivity contribution in [2.75, 3.05) is 42.4 Å². The molecule has 0 unspecified atom stereocenters. The number of azo groups is 4. The van der Waals surface area contributed by atoms with Gasteiger partial charge in [-0.15, -0.1) is 44.5 Å². The fourth-order valence-electron chi connectivity index (χ4n) is 6.27. The van der Waals surface area contributed by atoms with Crippen LogP contribution >= 0.6 is 24.6 Å². The Morgan fingerprint density at radius 3 is 1.16 bits per heavy atom. The van der Waals surface area contributed by atoms with Gasteiger partial charge in [0.2, 0.25) is 16.3 Å². The number of sulfone groups is 3. The molecule has 0 aromatic heterocycles. The average Bonchev–Trinajstić information content (AvgIpc) is 0.855. The Balaban J connectivity index is 0. The second-order valence-corrected chi connectivity index (χ2v) is 28.2. The van der Waals surface area contributed by atoms with Crippen molar-refractivity contribution in [3.8, 4) is 17.2 Å². The summed E-state index contributed by atoms with van der Waals surface area (Å²) < 4.78 is 243. The molecule has 0 fully saturated rings. The SMILES string of the molecule is CC(=O)Nc1cc(N=Nc2c(O)c(N=Nc3ccc(S(=O)(=O)CCOSOO[O-])cc3S(=O)(=O)[O-])c(O)c(N=Nc3ccc(S(=O)(=O)CCOS(=O)(=O)[O-])cc3S(=O)(=O)[O-])c2O)c(S(=O)(=O)[O-])cc1N=Nc1ccc(S(=O)(=O)CCOSOO[O-])cc1.[Na+].[Na+].[Na+].[Na+].[Na+].[Na+]. The first-order valence-corrected chi connectivity index (χ1v) is 33.7. The van der Waals surface area contributed by atoms with E-state index in [-0.39, 0.29) is 225 Å². The Kier molecular flexibility index (Phi) is 41.8. The van der Waals surface area contributed by atoms with Crippen LogP contribution in [0.2, 0.25) is 0 Å². The number of phenolic OH excluding ortho intramolecular Hbond substituents is 3. The van der Waals surface area contributed by atoms with Crippen molar-refractivity contribution in [3.63, 3.8) is 0 Å². The van der Waals surface area contributed by atoms with Crippen LogP contribution in [0.3, 0.4) is 0 Å². The predicted octanol–water partition coefficient (Wildman–Crippen LogP) is -15.4. The van der Waals surface area contributed by atoms with Crippen LogP contribution < -0.4 is 193 Å². The van der Waals surface area contributed by atoms with E-state index in [0.717, 1.165) is 31.2 Å². The second kappa shape index (κ2) is 41.2. The van der Waals surface area contributed by atoms with Crippen LogP contribution in [-0.2, 0) is 106 Å². The number of nitrogens with zero attached hydrogens (tertiary/aromatic N) is 8. The maximum atomic E-state index is 13.0. The van der Waals surface area contributed by atoms with E-state index in [1.807, 2.05) is 0 Å². The van der Waals surface area contributed by atoms with Crippen LogP contribution in [0, 0.1) is 0 Å². The number of hydrogen-bond donors (Lipinski definition) is 4. The minimum atomic E-state index is -5.85. The smallest absolute Gasteiger partial charge is 0.744 e. The van der Waals surface area contributed by atoms with Crippen molar-refractivity contribution in [2.45, 2.75) is 36.3 Å². The van der Waals surface area contributed by atoms with E-state index in [9.17, 15) is 108 Å². The molecule has 5 aromatic carbocycles. The molecule has 0 atom stereocenters. The van der Waals surface area contributed by atoms with Crippen LogP contribution in [0.1, 0.15) is 6.92 Å². The number of carbonyl (C=O) groups excluding carboxylic acids is 1. The number of hydrogen-bond acceptors (Lipinski definition) is 41. The van der Waals surface area contributed by atoms with Gasteiger partial charge in [0.05, 0.1) is 77.8 Å². The number of anilines is 1. The van der Waals surface area contributed by atoms with Crippen molar-refractivity contribution in [1.29, 1.82) is 0 Å². The zero-order chi connectivity index (χ0) is 64.9. The number of aromatic hydroxyl groups is 3. The van der Waals surface area contributed by atoms with E-state index in [0.29, 0.717) is 36.4 Å². The molecule has 0 aliphatic heterocycles. The summed E-state index contributed by atoms with van der Waals surface area (Å²) in [4.78, 5) is 5.80.